The van der Waals surface area contributed by atoms with Crippen molar-refractivity contribution in [1.82, 2.24) is 19.5 Å². The maximum atomic E-state index is 5.65. The van der Waals surface area contributed by atoms with Gasteiger partial charge < -0.3 is 5.73 Å². The van der Waals surface area contributed by atoms with Gasteiger partial charge in [0, 0.05) is 6.20 Å². The van der Waals surface area contributed by atoms with Gasteiger partial charge in [-0.15, -0.1) is 0 Å². The zero-order valence-corrected chi connectivity index (χ0v) is 8.10. The van der Waals surface area contributed by atoms with Crippen LogP contribution in [0.3, 0.4) is 0 Å². The number of anilines is 1. The van der Waals surface area contributed by atoms with Crippen molar-refractivity contribution in [3.05, 3.63) is 18.2 Å². The van der Waals surface area contributed by atoms with Crippen molar-refractivity contribution in [1.29, 1.82) is 0 Å². The Hall–Kier alpha value is -1.91. The highest BCUT2D eigenvalue weighted by molar-refractivity contribution is 5.82. The second-order valence-corrected chi connectivity index (χ2v) is 3.29. The molecule has 2 rings (SSSR count). The third kappa shape index (κ3) is 1.32. The van der Waals surface area contributed by atoms with E-state index in [1.165, 1.54) is 11.9 Å². The van der Waals surface area contributed by atoms with Crippen molar-refractivity contribution in [3.63, 3.8) is 0 Å². The van der Waals surface area contributed by atoms with E-state index in [4.69, 9.17) is 5.73 Å². The molecule has 0 atom stereocenters. The molecular formula is C9H11N5. The molecule has 0 saturated carbocycles. The molecule has 0 saturated heterocycles. The van der Waals surface area contributed by atoms with Crippen LogP contribution in [0.15, 0.2) is 18.2 Å². The summed E-state index contributed by atoms with van der Waals surface area (Å²) < 4.78 is 1.84. The number of nitrogen functional groups attached to an aromatic ring is 1. The molecule has 0 fully saturated rings. The van der Waals surface area contributed by atoms with Crippen LogP contribution in [-0.2, 0) is 0 Å². The van der Waals surface area contributed by atoms with Crippen LogP contribution in [0.25, 0.3) is 17.4 Å². The number of aromatic nitrogens is 4. The number of hydrogen-bond acceptors (Lipinski definition) is 4. The van der Waals surface area contributed by atoms with Crippen molar-refractivity contribution in [3.8, 4) is 0 Å². The van der Waals surface area contributed by atoms with Crippen LogP contribution >= 0.6 is 0 Å². The highest BCUT2D eigenvalue weighted by atomic mass is 15.1. The molecule has 2 aromatic rings. The average molecular weight is 189 g/mol. The summed E-state index contributed by atoms with van der Waals surface area (Å²) in [4.78, 5) is 12.1. The van der Waals surface area contributed by atoms with Crippen LogP contribution in [0.1, 0.15) is 13.8 Å². The monoisotopic (exact) mass is 189 g/mol. The molecule has 5 heteroatoms. The van der Waals surface area contributed by atoms with E-state index in [9.17, 15) is 0 Å². The van der Waals surface area contributed by atoms with Crippen molar-refractivity contribution in [2.24, 2.45) is 0 Å². The first-order valence-electron chi connectivity index (χ1n) is 4.26. The highest BCUT2D eigenvalue weighted by Crippen LogP contribution is 2.14. The molecule has 0 unspecified atom stereocenters. The maximum absolute atomic E-state index is 5.65. The summed E-state index contributed by atoms with van der Waals surface area (Å²) in [6.45, 7) is 4.02. The van der Waals surface area contributed by atoms with E-state index in [1.54, 1.807) is 6.33 Å². The summed E-state index contributed by atoms with van der Waals surface area (Å²) in [6.07, 6.45) is 5.07. The number of nitrogens with zero attached hydrogens (tertiary/aromatic N) is 4. The first kappa shape index (κ1) is 8.68. The molecule has 0 aliphatic rings. The van der Waals surface area contributed by atoms with Gasteiger partial charge in [-0.2, -0.15) is 0 Å². The van der Waals surface area contributed by atoms with Crippen LogP contribution in [0.5, 0.6) is 0 Å². The van der Waals surface area contributed by atoms with Gasteiger partial charge in [0.2, 0.25) is 0 Å². The van der Waals surface area contributed by atoms with Gasteiger partial charge >= 0.3 is 0 Å². The van der Waals surface area contributed by atoms with Gasteiger partial charge in [0.05, 0.1) is 0 Å². The smallest absolute Gasteiger partial charge is 0.169 e. The van der Waals surface area contributed by atoms with E-state index < -0.39 is 0 Å². The Kier molecular flexibility index (Phi) is 1.92. The molecule has 72 valence electrons. The fourth-order valence-corrected chi connectivity index (χ4v) is 1.24. The van der Waals surface area contributed by atoms with Crippen LogP contribution in [-0.4, -0.2) is 19.5 Å². The number of nitrogens with two attached hydrogens (primary N) is 1. The molecule has 14 heavy (non-hydrogen) atoms. The number of allylic oxidation sites excluding steroid dienone is 1. The Bertz CT molecular complexity index is 493. The lowest BCUT2D eigenvalue weighted by atomic mass is 10.4. The number of fused-ring (bicyclic) bond motifs is 1. The Labute approximate surface area is 81.3 Å². The molecule has 2 aromatic heterocycles. The summed E-state index contributed by atoms with van der Waals surface area (Å²) in [5.74, 6) is 0.413. The molecule has 5 nitrogen and oxygen atoms in total. The van der Waals surface area contributed by atoms with Crippen molar-refractivity contribution in [2.45, 2.75) is 13.8 Å². The third-order valence-corrected chi connectivity index (χ3v) is 1.78. The van der Waals surface area contributed by atoms with E-state index >= 15 is 0 Å². The number of rotatable bonds is 1. The van der Waals surface area contributed by atoms with Gasteiger partial charge in [0.1, 0.15) is 12.7 Å². The van der Waals surface area contributed by atoms with Gasteiger partial charge in [0.25, 0.3) is 0 Å². The van der Waals surface area contributed by atoms with Crippen LogP contribution in [0, 0.1) is 0 Å². The molecule has 0 aromatic carbocycles. The minimum absolute atomic E-state index is 0.413. The largest absolute Gasteiger partial charge is 0.382 e. The minimum atomic E-state index is 0.413. The summed E-state index contributed by atoms with van der Waals surface area (Å²) in [6, 6.07) is 0. The fourth-order valence-electron chi connectivity index (χ4n) is 1.24. The van der Waals surface area contributed by atoms with Gasteiger partial charge in [-0.3, -0.25) is 4.57 Å². The van der Waals surface area contributed by atoms with E-state index in [0.717, 1.165) is 5.65 Å². The summed E-state index contributed by atoms with van der Waals surface area (Å²) in [5.41, 5.74) is 8.20. The molecule has 0 aliphatic heterocycles. The predicted molar refractivity (Wildman–Crippen MR) is 55.4 cm³/mol. The number of imidazole rings is 1. The lowest BCUT2D eigenvalue weighted by Gasteiger charge is -1.96. The fraction of sp³-hybridized carbons (Fsp3) is 0.222. The summed E-state index contributed by atoms with van der Waals surface area (Å²) in [5, 5.41) is 0. The first-order chi connectivity index (χ1) is 6.68. The first-order valence-corrected chi connectivity index (χ1v) is 4.26. The van der Waals surface area contributed by atoms with Crippen molar-refractivity contribution < 1.29 is 0 Å². The lowest BCUT2D eigenvalue weighted by molar-refractivity contribution is 1.11. The normalized spacial score (nSPS) is 10.4. The van der Waals surface area contributed by atoms with E-state index in [2.05, 4.69) is 15.0 Å². The standard InChI is InChI=1S/C9H11N5/c1-6(2)3-14-5-13-7-8(10)11-4-12-9(7)14/h3-5H,1-2H3,(H2,10,11,12). The molecule has 0 aliphatic carbocycles. The van der Waals surface area contributed by atoms with Gasteiger partial charge in [-0.1, -0.05) is 5.57 Å². The van der Waals surface area contributed by atoms with E-state index in [1.807, 2.05) is 24.6 Å². The zero-order valence-electron chi connectivity index (χ0n) is 8.10. The van der Waals surface area contributed by atoms with Gasteiger partial charge in [0.15, 0.2) is 17.0 Å². The minimum Gasteiger partial charge on any atom is -0.382 e. The Morgan fingerprint density at radius 1 is 1.36 bits per heavy atom. The van der Waals surface area contributed by atoms with Crippen LogP contribution < -0.4 is 5.73 Å². The molecular weight excluding hydrogens is 178 g/mol. The molecule has 0 bridgehead atoms. The average Bonchev–Trinajstić information content (AvgIpc) is 2.49. The second kappa shape index (κ2) is 3.10. The zero-order chi connectivity index (χ0) is 10.1. The summed E-state index contributed by atoms with van der Waals surface area (Å²) in [7, 11) is 0. The highest BCUT2D eigenvalue weighted by Gasteiger charge is 2.05. The van der Waals surface area contributed by atoms with Crippen LogP contribution in [0.4, 0.5) is 5.82 Å². The topological polar surface area (TPSA) is 69.6 Å². The molecule has 0 spiro atoms. The molecule has 2 heterocycles. The maximum Gasteiger partial charge on any atom is 0.169 e. The molecule has 2 N–H and O–H groups in total. The van der Waals surface area contributed by atoms with E-state index in [-0.39, 0.29) is 0 Å². The third-order valence-electron chi connectivity index (χ3n) is 1.78. The molecule has 0 amide bonds. The number of hydrogen-bond donors (Lipinski definition) is 1. The lowest BCUT2D eigenvalue weighted by Crippen LogP contribution is -1.94. The van der Waals surface area contributed by atoms with Crippen molar-refractivity contribution in [2.75, 3.05) is 5.73 Å². The van der Waals surface area contributed by atoms with Crippen LogP contribution in [0.2, 0.25) is 0 Å². The Morgan fingerprint density at radius 3 is 2.86 bits per heavy atom. The predicted octanol–water partition coefficient (Wildman–Crippen LogP) is 1.29. The van der Waals surface area contributed by atoms with Gasteiger partial charge in [-0.05, 0) is 13.8 Å². The SMILES string of the molecule is CC(C)=Cn1cnc2c(N)ncnc21. The quantitative estimate of drug-likeness (QED) is 0.733. The van der Waals surface area contributed by atoms with E-state index in [0.29, 0.717) is 11.3 Å². The Morgan fingerprint density at radius 2 is 2.14 bits per heavy atom. The Balaban J connectivity index is 2.70. The van der Waals surface area contributed by atoms with Crippen molar-refractivity contribution >= 4 is 23.2 Å². The van der Waals surface area contributed by atoms with Gasteiger partial charge in [-0.25, -0.2) is 15.0 Å². The molecule has 0 radical (unpaired) electrons. The summed E-state index contributed by atoms with van der Waals surface area (Å²) >= 11 is 0. The second-order valence-electron chi connectivity index (χ2n) is 3.29.